The first-order valence-corrected chi connectivity index (χ1v) is 8.30. The molecule has 2 aromatic carbocycles. The normalized spacial score (nSPS) is 11.0. The van der Waals surface area contributed by atoms with Crippen LogP contribution in [0.3, 0.4) is 0 Å². The van der Waals surface area contributed by atoms with Gasteiger partial charge in [-0.2, -0.15) is 0 Å². The van der Waals surface area contributed by atoms with Crippen molar-refractivity contribution in [2.24, 2.45) is 0 Å². The summed E-state index contributed by atoms with van der Waals surface area (Å²) in [7, 11) is 0. The standard InChI is InChI=1S/C20H26N2O2/c1-20(2,3)24-19(23)22-18-13-11-17(12-14-18)21-15-7-10-16-8-5-4-6-9-16/h4-6,8-9,11-14,21H,7,10,15H2,1-3H3,(H,22,23). The molecule has 0 saturated heterocycles. The second-order valence-electron chi connectivity index (χ2n) is 6.72. The summed E-state index contributed by atoms with van der Waals surface area (Å²) in [4.78, 5) is 11.7. The van der Waals surface area contributed by atoms with Gasteiger partial charge in [0.05, 0.1) is 0 Å². The van der Waals surface area contributed by atoms with Crippen LogP contribution in [0.4, 0.5) is 16.2 Å². The monoisotopic (exact) mass is 326 g/mol. The van der Waals surface area contributed by atoms with Crippen LogP contribution in [0.25, 0.3) is 0 Å². The molecule has 4 nitrogen and oxygen atoms in total. The van der Waals surface area contributed by atoms with Gasteiger partial charge in [0.2, 0.25) is 0 Å². The average Bonchev–Trinajstić information content (AvgIpc) is 2.52. The quantitative estimate of drug-likeness (QED) is 0.728. The fourth-order valence-electron chi connectivity index (χ4n) is 2.26. The maximum absolute atomic E-state index is 11.7. The van der Waals surface area contributed by atoms with Gasteiger partial charge in [-0.15, -0.1) is 0 Å². The smallest absolute Gasteiger partial charge is 0.412 e. The summed E-state index contributed by atoms with van der Waals surface area (Å²) >= 11 is 0. The van der Waals surface area contributed by atoms with Gasteiger partial charge in [0, 0.05) is 17.9 Å². The van der Waals surface area contributed by atoms with E-state index < -0.39 is 11.7 Å². The van der Waals surface area contributed by atoms with Crippen molar-refractivity contribution in [3.8, 4) is 0 Å². The predicted octanol–water partition coefficient (Wildman–Crippen LogP) is 5.08. The summed E-state index contributed by atoms with van der Waals surface area (Å²) in [5.41, 5.74) is 2.62. The van der Waals surface area contributed by atoms with Gasteiger partial charge in [-0.1, -0.05) is 30.3 Å². The van der Waals surface area contributed by atoms with Crippen LogP contribution in [-0.2, 0) is 11.2 Å². The highest BCUT2D eigenvalue weighted by Gasteiger charge is 2.15. The minimum absolute atomic E-state index is 0.439. The van der Waals surface area contributed by atoms with Gasteiger partial charge in [0.1, 0.15) is 5.60 Å². The Morgan fingerprint density at radius 1 is 0.958 bits per heavy atom. The van der Waals surface area contributed by atoms with E-state index in [9.17, 15) is 4.79 Å². The van der Waals surface area contributed by atoms with Crippen molar-refractivity contribution in [3.05, 3.63) is 60.2 Å². The molecule has 24 heavy (non-hydrogen) atoms. The first-order chi connectivity index (χ1) is 11.4. The molecular formula is C20H26N2O2. The molecule has 0 heterocycles. The highest BCUT2D eigenvalue weighted by Crippen LogP contribution is 2.15. The van der Waals surface area contributed by atoms with Crippen molar-refractivity contribution in [1.29, 1.82) is 0 Å². The van der Waals surface area contributed by atoms with Crippen LogP contribution in [0.1, 0.15) is 32.8 Å². The number of ether oxygens (including phenoxy) is 1. The second kappa shape index (κ2) is 8.39. The fraction of sp³-hybridized carbons (Fsp3) is 0.350. The van der Waals surface area contributed by atoms with Crippen molar-refractivity contribution in [1.82, 2.24) is 0 Å². The summed E-state index contributed by atoms with van der Waals surface area (Å²) in [5, 5.41) is 6.12. The number of rotatable bonds is 6. The Bertz CT molecular complexity index is 631. The molecule has 0 fully saturated rings. The molecule has 2 aromatic rings. The predicted molar refractivity (Wildman–Crippen MR) is 99.6 cm³/mol. The van der Waals surface area contributed by atoms with Gasteiger partial charge in [-0.05, 0) is 63.4 Å². The number of carbonyl (C=O) groups is 1. The molecule has 128 valence electrons. The van der Waals surface area contributed by atoms with E-state index in [2.05, 4.69) is 34.9 Å². The van der Waals surface area contributed by atoms with Crippen LogP contribution in [-0.4, -0.2) is 18.2 Å². The van der Waals surface area contributed by atoms with Crippen LogP contribution in [0.15, 0.2) is 54.6 Å². The van der Waals surface area contributed by atoms with E-state index in [0.29, 0.717) is 0 Å². The molecule has 0 saturated carbocycles. The lowest BCUT2D eigenvalue weighted by molar-refractivity contribution is 0.0636. The number of anilines is 2. The number of carbonyl (C=O) groups excluding carboxylic acids is 1. The molecule has 2 rings (SSSR count). The van der Waals surface area contributed by atoms with Gasteiger partial charge in [-0.25, -0.2) is 4.79 Å². The number of amides is 1. The Labute approximate surface area is 144 Å². The summed E-state index contributed by atoms with van der Waals surface area (Å²) < 4.78 is 5.23. The summed E-state index contributed by atoms with van der Waals surface area (Å²) in [6.07, 6.45) is 1.69. The van der Waals surface area contributed by atoms with E-state index in [1.54, 1.807) is 0 Å². The van der Waals surface area contributed by atoms with Gasteiger partial charge in [0.15, 0.2) is 0 Å². The molecule has 0 atom stereocenters. The number of aryl methyl sites for hydroxylation is 1. The summed E-state index contributed by atoms with van der Waals surface area (Å²) in [5.74, 6) is 0. The van der Waals surface area contributed by atoms with Crippen LogP contribution in [0.5, 0.6) is 0 Å². The van der Waals surface area contributed by atoms with Gasteiger partial charge >= 0.3 is 6.09 Å². The minimum Gasteiger partial charge on any atom is -0.444 e. The SMILES string of the molecule is CC(C)(C)OC(=O)Nc1ccc(NCCCc2ccccc2)cc1. The Morgan fingerprint density at radius 2 is 1.58 bits per heavy atom. The van der Waals surface area contributed by atoms with E-state index in [4.69, 9.17) is 4.74 Å². The molecule has 0 aliphatic carbocycles. The minimum atomic E-state index is -0.496. The second-order valence-corrected chi connectivity index (χ2v) is 6.72. The molecule has 1 amide bonds. The third-order valence-electron chi connectivity index (χ3n) is 3.34. The molecule has 0 bridgehead atoms. The highest BCUT2D eigenvalue weighted by molar-refractivity contribution is 5.85. The van der Waals surface area contributed by atoms with Crippen molar-refractivity contribution >= 4 is 17.5 Å². The fourth-order valence-corrected chi connectivity index (χ4v) is 2.26. The number of benzene rings is 2. The third-order valence-corrected chi connectivity index (χ3v) is 3.34. The van der Waals surface area contributed by atoms with Crippen LogP contribution in [0, 0.1) is 0 Å². The molecule has 2 N–H and O–H groups in total. The average molecular weight is 326 g/mol. The first-order valence-electron chi connectivity index (χ1n) is 8.30. The van der Waals surface area contributed by atoms with Crippen LogP contribution < -0.4 is 10.6 Å². The third kappa shape index (κ3) is 6.73. The topological polar surface area (TPSA) is 50.4 Å². The lowest BCUT2D eigenvalue weighted by Gasteiger charge is -2.19. The van der Waals surface area contributed by atoms with Crippen LogP contribution >= 0.6 is 0 Å². The Kier molecular flexibility index (Phi) is 6.24. The summed E-state index contributed by atoms with van der Waals surface area (Å²) in [6, 6.07) is 18.1. The van der Waals surface area contributed by atoms with Crippen LogP contribution in [0.2, 0.25) is 0 Å². The Morgan fingerprint density at radius 3 is 2.21 bits per heavy atom. The number of nitrogens with one attached hydrogen (secondary N) is 2. The van der Waals surface area contributed by atoms with Gasteiger partial charge in [-0.3, -0.25) is 5.32 Å². The zero-order chi connectivity index (χ0) is 17.4. The molecule has 0 aliphatic heterocycles. The van der Waals surface area contributed by atoms with Gasteiger partial charge in [0.25, 0.3) is 0 Å². The van der Waals surface area contributed by atoms with Crippen molar-refractivity contribution in [3.63, 3.8) is 0 Å². The van der Waals surface area contributed by atoms with E-state index >= 15 is 0 Å². The summed E-state index contributed by atoms with van der Waals surface area (Å²) in [6.45, 7) is 6.44. The lowest BCUT2D eigenvalue weighted by atomic mass is 10.1. The molecular weight excluding hydrogens is 300 g/mol. The van der Waals surface area contributed by atoms with Crippen molar-refractivity contribution in [2.75, 3.05) is 17.2 Å². The molecule has 0 unspecified atom stereocenters. The molecule has 0 spiro atoms. The van der Waals surface area contributed by atoms with E-state index in [-0.39, 0.29) is 0 Å². The van der Waals surface area contributed by atoms with E-state index in [0.717, 1.165) is 30.8 Å². The highest BCUT2D eigenvalue weighted by atomic mass is 16.6. The molecule has 0 aromatic heterocycles. The maximum atomic E-state index is 11.7. The zero-order valence-electron chi connectivity index (χ0n) is 14.6. The Balaban J connectivity index is 1.73. The first kappa shape index (κ1) is 17.9. The maximum Gasteiger partial charge on any atom is 0.412 e. The molecule has 4 heteroatoms. The van der Waals surface area contributed by atoms with E-state index in [1.807, 2.05) is 51.1 Å². The number of hydrogen-bond acceptors (Lipinski definition) is 3. The molecule has 0 radical (unpaired) electrons. The van der Waals surface area contributed by atoms with Crippen molar-refractivity contribution < 1.29 is 9.53 Å². The van der Waals surface area contributed by atoms with Crippen molar-refractivity contribution in [2.45, 2.75) is 39.2 Å². The Hall–Kier alpha value is -2.49. The lowest BCUT2D eigenvalue weighted by Crippen LogP contribution is -2.27. The largest absolute Gasteiger partial charge is 0.444 e. The van der Waals surface area contributed by atoms with E-state index in [1.165, 1.54) is 5.56 Å². The molecule has 0 aliphatic rings. The number of hydrogen-bond donors (Lipinski definition) is 2. The zero-order valence-corrected chi connectivity index (χ0v) is 14.6. The van der Waals surface area contributed by atoms with Gasteiger partial charge < -0.3 is 10.1 Å².